The summed E-state index contributed by atoms with van der Waals surface area (Å²) in [5, 5.41) is 3.33. The number of rotatable bonds is 1. The Hall–Kier alpha value is -1.57. The van der Waals surface area contributed by atoms with Crippen LogP contribution in [0.25, 0.3) is 5.57 Å². The minimum atomic E-state index is -0.0757. The summed E-state index contributed by atoms with van der Waals surface area (Å²) in [6.45, 7) is 8.68. The number of carbonyl (C=O) groups excluding carboxylic acids is 1. The highest BCUT2D eigenvalue weighted by Gasteiger charge is 2.44. The van der Waals surface area contributed by atoms with Crippen LogP contribution >= 0.6 is 0 Å². The molecular formula is C19H25NO. The van der Waals surface area contributed by atoms with Crippen LogP contribution in [0.1, 0.15) is 56.2 Å². The molecule has 1 amide bonds. The van der Waals surface area contributed by atoms with Gasteiger partial charge < -0.3 is 5.32 Å². The summed E-state index contributed by atoms with van der Waals surface area (Å²) >= 11 is 0. The predicted molar refractivity (Wildman–Crippen MR) is 87.0 cm³/mol. The monoisotopic (exact) mass is 283 g/mol. The maximum atomic E-state index is 12.7. The zero-order chi connectivity index (χ0) is 15.2. The van der Waals surface area contributed by atoms with E-state index in [-0.39, 0.29) is 11.4 Å². The lowest BCUT2D eigenvalue weighted by atomic mass is 9.73. The summed E-state index contributed by atoms with van der Waals surface area (Å²) in [7, 11) is 0. The highest BCUT2D eigenvalue weighted by molar-refractivity contribution is 6.24. The molecule has 0 aromatic heterocycles. The second kappa shape index (κ2) is 5.01. The van der Waals surface area contributed by atoms with Crippen molar-refractivity contribution in [2.45, 2.75) is 58.9 Å². The molecule has 2 heteroatoms. The van der Waals surface area contributed by atoms with Crippen molar-refractivity contribution in [3.63, 3.8) is 0 Å². The van der Waals surface area contributed by atoms with E-state index in [9.17, 15) is 4.79 Å². The van der Waals surface area contributed by atoms with Crippen molar-refractivity contribution < 1.29 is 4.79 Å². The van der Waals surface area contributed by atoms with Gasteiger partial charge in [0.05, 0.1) is 5.54 Å². The number of carbonyl (C=O) groups is 1. The van der Waals surface area contributed by atoms with Crippen LogP contribution in [0, 0.1) is 19.8 Å². The first-order valence-electron chi connectivity index (χ1n) is 8.05. The molecule has 2 nitrogen and oxygen atoms in total. The number of benzene rings is 1. The number of hydrogen-bond acceptors (Lipinski definition) is 1. The lowest BCUT2D eigenvalue weighted by Gasteiger charge is -2.37. The smallest absolute Gasteiger partial charge is 0.252 e. The van der Waals surface area contributed by atoms with Crippen LogP contribution in [0.5, 0.6) is 0 Å². The Morgan fingerprint density at radius 2 is 1.67 bits per heavy atom. The Balaban J connectivity index is 2.09. The van der Waals surface area contributed by atoms with Gasteiger partial charge in [-0.05, 0) is 74.6 Å². The van der Waals surface area contributed by atoms with Gasteiger partial charge in [-0.25, -0.2) is 0 Å². The maximum absolute atomic E-state index is 12.7. The van der Waals surface area contributed by atoms with Gasteiger partial charge >= 0.3 is 0 Å². The van der Waals surface area contributed by atoms with E-state index in [2.05, 4.69) is 51.2 Å². The fourth-order valence-corrected chi connectivity index (χ4v) is 4.05. The van der Waals surface area contributed by atoms with E-state index in [1.807, 2.05) is 0 Å². The number of hydrogen-bond donors (Lipinski definition) is 1. The summed E-state index contributed by atoms with van der Waals surface area (Å²) in [4.78, 5) is 12.7. The van der Waals surface area contributed by atoms with Gasteiger partial charge in [-0.15, -0.1) is 0 Å². The van der Waals surface area contributed by atoms with Crippen LogP contribution < -0.4 is 5.32 Å². The van der Waals surface area contributed by atoms with Gasteiger partial charge in [0.2, 0.25) is 0 Å². The molecule has 1 saturated carbocycles. The van der Waals surface area contributed by atoms with Gasteiger partial charge in [-0.3, -0.25) is 4.79 Å². The molecule has 0 saturated heterocycles. The molecule has 0 bridgehead atoms. The first kappa shape index (κ1) is 14.4. The number of aryl methyl sites for hydroxylation is 2. The van der Waals surface area contributed by atoms with Gasteiger partial charge in [0.15, 0.2) is 0 Å². The molecular weight excluding hydrogens is 258 g/mol. The SMILES string of the molecule is CC1=C(c2c(C)cccc2C)C(=O)NC12CCC(C)CC2. The summed E-state index contributed by atoms with van der Waals surface area (Å²) in [6.07, 6.45) is 4.58. The molecule has 3 rings (SSSR count). The molecule has 2 aliphatic rings. The van der Waals surface area contributed by atoms with Crippen LogP contribution in [-0.4, -0.2) is 11.4 Å². The van der Waals surface area contributed by atoms with E-state index >= 15 is 0 Å². The summed E-state index contributed by atoms with van der Waals surface area (Å²) in [5.74, 6) is 0.907. The lowest BCUT2D eigenvalue weighted by molar-refractivity contribution is -0.116. The first-order valence-corrected chi connectivity index (χ1v) is 8.05. The van der Waals surface area contributed by atoms with E-state index in [1.165, 1.54) is 29.5 Å². The Bertz CT molecular complexity index is 598. The van der Waals surface area contributed by atoms with E-state index in [0.29, 0.717) is 0 Å². The lowest BCUT2D eigenvalue weighted by Crippen LogP contribution is -2.46. The molecule has 1 aromatic rings. The summed E-state index contributed by atoms with van der Waals surface area (Å²) in [6, 6.07) is 6.27. The molecule has 1 aliphatic heterocycles. The second-order valence-corrected chi connectivity index (χ2v) is 6.99. The fourth-order valence-electron chi connectivity index (χ4n) is 4.05. The van der Waals surface area contributed by atoms with Crippen molar-refractivity contribution in [3.05, 3.63) is 40.5 Å². The molecule has 1 fully saturated rings. The van der Waals surface area contributed by atoms with Crippen LogP contribution in [0.4, 0.5) is 0 Å². The third-order valence-corrected chi connectivity index (χ3v) is 5.53. The van der Waals surface area contributed by atoms with Crippen LogP contribution in [0.2, 0.25) is 0 Å². The third kappa shape index (κ3) is 2.21. The summed E-state index contributed by atoms with van der Waals surface area (Å²) in [5.41, 5.74) is 5.65. The van der Waals surface area contributed by atoms with E-state index in [0.717, 1.165) is 29.9 Å². The van der Waals surface area contributed by atoms with Crippen molar-refractivity contribution >= 4 is 11.5 Å². The molecule has 1 N–H and O–H groups in total. The summed E-state index contributed by atoms with van der Waals surface area (Å²) < 4.78 is 0. The van der Waals surface area contributed by atoms with Crippen molar-refractivity contribution in [1.29, 1.82) is 0 Å². The molecule has 1 aromatic carbocycles. The Kier molecular flexibility index (Phi) is 3.43. The van der Waals surface area contributed by atoms with Gasteiger partial charge in [-0.1, -0.05) is 25.1 Å². The highest BCUT2D eigenvalue weighted by atomic mass is 16.2. The topological polar surface area (TPSA) is 29.1 Å². The van der Waals surface area contributed by atoms with Gasteiger partial charge in [0, 0.05) is 5.57 Å². The van der Waals surface area contributed by atoms with Crippen molar-refractivity contribution in [2.24, 2.45) is 5.92 Å². The first-order chi connectivity index (χ1) is 9.94. The quantitative estimate of drug-likeness (QED) is 0.824. The third-order valence-electron chi connectivity index (χ3n) is 5.53. The average Bonchev–Trinajstić information content (AvgIpc) is 2.67. The standard InChI is InChI=1S/C19H25NO/c1-12-8-10-19(11-9-12)15(4)17(18(21)20-19)16-13(2)6-5-7-14(16)3/h5-7,12H,8-11H2,1-4H3,(H,20,21). The Morgan fingerprint density at radius 1 is 1.10 bits per heavy atom. The van der Waals surface area contributed by atoms with Crippen LogP contribution in [-0.2, 0) is 4.79 Å². The van der Waals surface area contributed by atoms with E-state index in [4.69, 9.17) is 0 Å². The van der Waals surface area contributed by atoms with Crippen LogP contribution in [0.3, 0.4) is 0 Å². The Labute approximate surface area is 127 Å². The van der Waals surface area contributed by atoms with Gasteiger partial charge in [0.1, 0.15) is 0 Å². The largest absolute Gasteiger partial charge is 0.343 e. The minimum absolute atomic E-state index is 0.0757. The molecule has 0 radical (unpaired) electrons. The molecule has 21 heavy (non-hydrogen) atoms. The molecule has 112 valence electrons. The average molecular weight is 283 g/mol. The second-order valence-electron chi connectivity index (χ2n) is 6.99. The molecule has 0 atom stereocenters. The van der Waals surface area contributed by atoms with Crippen molar-refractivity contribution in [3.8, 4) is 0 Å². The normalized spacial score (nSPS) is 29.1. The molecule has 1 spiro atoms. The predicted octanol–water partition coefficient (Wildman–Crippen LogP) is 4.16. The zero-order valence-corrected chi connectivity index (χ0v) is 13.5. The van der Waals surface area contributed by atoms with E-state index < -0.39 is 0 Å². The number of amides is 1. The highest BCUT2D eigenvalue weighted by Crippen LogP contribution is 2.44. The van der Waals surface area contributed by atoms with Gasteiger partial charge in [0.25, 0.3) is 5.91 Å². The van der Waals surface area contributed by atoms with E-state index in [1.54, 1.807) is 0 Å². The molecule has 0 unspecified atom stereocenters. The van der Waals surface area contributed by atoms with Crippen molar-refractivity contribution in [1.82, 2.24) is 5.32 Å². The molecule has 1 heterocycles. The zero-order valence-electron chi connectivity index (χ0n) is 13.5. The van der Waals surface area contributed by atoms with Gasteiger partial charge in [-0.2, -0.15) is 0 Å². The minimum Gasteiger partial charge on any atom is -0.343 e. The number of nitrogens with one attached hydrogen (secondary N) is 1. The Morgan fingerprint density at radius 3 is 2.24 bits per heavy atom. The van der Waals surface area contributed by atoms with Crippen LogP contribution in [0.15, 0.2) is 23.8 Å². The fraction of sp³-hybridized carbons (Fsp3) is 0.526. The maximum Gasteiger partial charge on any atom is 0.252 e. The van der Waals surface area contributed by atoms with Crippen molar-refractivity contribution in [2.75, 3.05) is 0 Å². The molecule has 1 aliphatic carbocycles.